The van der Waals surface area contributed by atoms with Crippen LogP contribution in [0, 0.1) is 5.92 Å². The number of nitrogens with one attached hydrogen (secondary N) is 1. The van der Waals surface area contributed by atoms with Crippen molar-refractivity contribution in [3.05, 3.63) is 35.9 Å². The van der Waals surface area contributed by atoms with Crippen LogP contribution in [0.2, 0.25) is 0 Å². The number of hydrogen-bond acceptors (Lipinski definition) is 3. The van der Waals surface area contributed by atoms with E-state index in [1.54, 1.807) is 0 Å². The highest BCUT2D eigenvalue weighted by atomic mass is 16.5. The quantitative estimate of drug-likeness (QED) is 0.927. The molecule has 2 fully saturated rings. The largest absolute Gasteiger partial charge is 0.366 e. The van der Waals surface area contributed by atoms with Crippen molar-refractivity contribution in [3.63, 3.8) is 0 Å². The van der Waals surface area contributed by atoms with Gasteiger partial charge in [0.2, 0.25) is 0 Å². The molecule has 3 unspecified atom stereocenters. The van der Waals surface area contributed by atoms with E-state index in [4.69, 9.17) is 4.74 Å². The lowest BCUT2D eigenvalue weighted by molar-refractivity contribution is -0.139. The minimum Gasteiger partial charge on any atom is -0.366 e. The maximum Gasteiger partial charge on any atom is 0.250 e. The highest BCUT2D eigenvalue weighted by Gasteiger charge is 2.31. The maximum absolute atomic E-state index is 12.4. The van der Waals surface area contributed by atoms with Gasteiger partial charge in [0.25, 0.3) is 5.91 Å². The number of nitrogens with zero attached hydrogens (tertiary/aromatic N) is 1. The zero-order valence-electron chi connectivity index (χ0n) is 13.3. The van der Waals surface area contributed by atoms with Crippen LogP contribution >= 0.6 is 0 Å². The SMILES string of the molecule is CC1CCCC1NC(=O)C1CN(Cc2ccccc2)CCO1. The first kappa shape index (κ1) is 15.5. The molecule has 1 aromatic rings. The van der Waals surface area contributed by atoms with Crippen molar-refractivity contribution in [2.45, 2.75) is 44.9 Å². The van der Waals surface area contributed by atoms with E-state index in [0.29, 0.717) is 25.1 Å². The number of carbonyl (C=O) groups excluding carboxylic acids is 1. The molecule has 1 aliphatic carbocycles. The van der Waals surface area contributed by atoms with Crippen LogP contribution < -0.4 is 5.32 Å². The van der Waals surface area contributed by atoms with Crippen LogP contribution in [0.15, 0.2) is 30.3 Å². The Labute approximate surface area is 132 Å². The Morgan fingerprint density at radius 2 is 2.14 bits per heavy atom. The summed E-state index contributed by atoms with van der Waals surface area (Å²) in [6.45, 7) is 5.31. The van der Waals surface area contributed by atoms with Gasteiger partial charge in [-0.2, -0.15) is 0 Å². The second-order valence-electron chi connectivity index (χ2n) is 6.60. The zero-order valence-corrected chi connectivity index (χ0v) is 13.3. The van der Waals surface area contributed by atoms with Gasteiger partial charge in [-0.1, -0.05) is 43.7 Å². The number of ether oxygens (including phenoxy) is 1. The third-order valence-electron chi connectivity index (χ3n) is 4.88. The Bertz CT molecular complexity index is 491. The van der Waals surface area contributed by atoms with E-state index in [2.05, 4.69) is 41.4 Å². The first-order valence-corrected chi connectivity index (χ1v) is 8.40. The predicted molar refractivity (Wildman–Crippen MR) is 86.4 cm³/mol. The molecule has 0 aromatic heterocycles. The molecule has 1 heterocycles. The Morgan fingerprint density at radius 1 is 1.32 bits per heavy atom. The summed E-state index contributed by atoms with van der Waals surface area (Å²) in [6, 6.07) is 10.7. The maximum atomic E-state index is 12.4. The summed E-state index contributed by atoms with van der Waals surface area (Å²) in [5, 5.41) is 3.19. The van der Waals surface area contributed by atoms with E-state index in [9.17, 15) is 4.79 Å². The highest BCUT2D eigenvalue weighted by Crippen LogP contribution is 2.25. The molecule has 0 radical (unpaired) electrons. The van der Waals surface area contributed by atoms with E-state index in [0.717, 1.165) is 19.5 Å². The summed E-state index contributed by atoms with van der Waals surface area (Å²) >= 11 is 0. The number of morpholine rings is 1. The van der Waals surface area contributed by atoms with Crippen molar-refractivity contribution in [2.75, 3.05) is 19.7 Å². The van der Waals surface area contributed by atoms with Gasteiger partial charge in [-0.3, -0.25) is 9.69 Å². The lowest BCUT2D eigenvalue weighted by Gasteiger charge is -2.33. The molecule has 1 saturated carbocycles. The molecule has 3 rings (SSSR count). The number of amides is 1. The molecule has 4 nitrogen and oxygen atoms in total. The summed E-state index contributed by atoms with van der Waals surface area (Å²) in [4.78, 5) is 14.7. The molecule has 1 aromatic carbocycles. The van der Waals surface area contributed by atoms with E-state index in [1.807, 2.05) is 6.07 Å². The molecule has 3 atom stereocenters. The van der Waals surface area contributed by atoms with Gasteiger partial charge >= 0.3 is 0 Å². The lowest BCUT2D eigenvalue weighted by atomic mass is 10.1. The van der Waals surface area contributed by atoms with Crippen LogP contribution in [0.25, 0.3) is 0 Å². The molecule has 1 amide bonds. The van der Waals surface area contributed by atoms with Crippen molar-refractivity contribution in [1.29, 1.82) is 0 Å². The molecule has 1 N–H and O–H groups in total. The molecule has 0 bridgehead atoms. The van der Waals surface area contributed by atoms with Gasteiger partial charge in [-0.15, -0.1) is 0 Å². The molecule has 0 spiro atoms. The second kappa shape index (κ2) is 7.25. The molecule has 22 heavy (non-hydrogen) atoms. The Balaban J connectivity index is 1.52. The fourth-order valence-electron chi connectivity index (χ4n) is 3.48. The molecule has 1 saturated heterocycles. The minimum atomic E-state index is -0.328. The highest BCUT2D eigenvalue weighted by molar-refractivity contribution is 5.81. The van der Waals surface area contributed by atoms with E-state index < -0.39 is 0 Å². The summed E-state index contributed by atoms with van der Waals surface area (Å²) in [5.74, 6) is 0.657. The molecule has 4 heteroatoms. The second-order valence-corrected chi connectivity index (χ2v) is 6.60. The Morgan fingerprint density at radius 3 is 2.86 bits per heavy atom. The summed E-state index contributed by atoms with van der Waals surface area (Å²) in [5.41, 5.74) is 1.29. The monoisotopic (exact) mass is 302 g/mol. The van der Waals surface area contributed by atoms with Crippen LogP contribution in [0.4, 0.5) is 0 Å². The van der Waals surface area contributed by atoms with Crippen molar-refractivity contribution >= 4 is 5.91 Å². The standard InChI is InChI=1S/C18H26N2O2/c1-14-6-5-9-16(14)19-18(21)17-13-20(10-11-22-17)12-15-7-3-2-4-8-15/h2-4,7-8,14,16-17H,5-6,9-13H2,1H3,(H,19,21). The van der Waals surface area contributed by atoms with Gasteiger partial charge in [0.15, 0.2) is 0 Å². The normalized spacial score (nSPS) is 29.4. The first-order valence-electron chi connectivity index (χ1n) is 8.40. The number of rotatable bonds is 4. The summed E-state index contributed by atoms with van der Waals surface area (Å²) in [6.07, 6.45) is 3.21. The lowest BCUT2D eigenvalue weighted by Crippen LogP contribution is -2.51. The van der Waals surface area contributed by atoms with Gasteiger partial charge in [0.1, 0.15) is 6.10 Å². The number of benzene rings is 1. The molecule has 2 aliphatic rings. The third kappa shape index (κ3) is 3.87. The van der Waals surface area contributed by atoms with Gasteiger partial charge in [-0.05, 0) is 24.3 Å². The average molecular weight is 302 g/mol. The third-order valence-corrected chi connectivity index (χ3v) is 4.88. The van der Waals surface area contributed by atoms with Crippen molar-refractivity contribution in [1.82, 2.24) is 10.2 Å². The van der Waals surface area contributed by atoms with Gasteiger partial charge in [0, 0.05) is 25.7 Å². The molecular weight excluding hydrogens is 276 g/mol. The fourth-order valence-corrected chi connectivity index (χ4v) is 3.48. The van der Waals surface area contributed by atoms with Gasteiger partial charge in [0.05, 0.1) is 6.61 Å². The van der Waals surface area contributed by atoms with Crippen LogP contribution in [0.3, 0.4) is 0 Å². The fraction of sp³-hybridized carbons (Fsp3) is 0.611. The van der Waals surface area contributed by atoms with Crippen molar-refractivity contribution in [3.8, 4) is 0 Å². The summed E-state index contributed by atoms with van der Waals surface area (Å²) < 4.78 is 5.70. The molecule has 120 valence electrons. The zero-order chi connectivity index (χ0) is 15.4. The predicted octanol–water partition coefficient (Wildman–Crippen LogP) is 2.19. The van der Waals surface area contributed by atoms with E-state index in [-0.39, 0.29) is 12.0 Å². The van der Waals surface area contributed by atoms with Crippen LogP contribution in [0.1, 0.15) is 31.7 Å². The number of carbonyl (C=O) groups is 1. The van der Waals surface area contributed by atoms with E-state index in [1.165, 1.54) is 18.4 Å². The van der Waals surface area contributed by atoms with Crippen LogP contribution in [0.5, 0.6) is 0 Å². The first-order chi connectivity index (χ1) is 10.7. The Hall–Kier alpha value is -1.39. The van der Waals surface area contributed by atoms with Crippen molar-refractivity contribution in [2.24, 2.45) is 5.92 Å². The van der Waals surface area contributed by atoms with Gasteiger partial charge < -0.3 is 10.1 Å². The van der Waals surface area contributed by atoms with E-state index >= 15 is 0 Å². The number of hydrogen-bond donors (Lipinski definition) is 1. The summed E-state index contributed by atoms with van der Waals surface area (Å²) in [7, 11) is 0. The minimum absolute atomic E-state index is 0.0662. The molecule has 1 aliphatic heterocycles. The average Bonchev–Trinajstić information content (AvgIpc) is 2.94. The van der Waals surface area contributed by atoms with Crippen LogP contribution in [-0.2, 0) is 16.1 Å². The Kier molecular flexibility index (Phi) is 5.11. The smallest absolute Gasteiger partial charge is 0.250 e. The van der Waals surface area contributed by atoms with Gasteiger partial charge in [-0.25, -0.2) is 0 Å². The van der Waals surface area contributed by atoms with Crippen molar-refractivity contribution < 1.29 is 9.53 Å². The topological polar surface area (TPSA) is 41.6 Å². The molecular formula is C18H26N2O2. The van der Waals surface area contributed by atoms with Crippen LogP contribution in [-0.4, -0.2) is 42.6 Å².